The second-order valence-corrected chi connectivity index (χ2v) is 9.72. The lowest BCUT2D eigenvalue weighted by Crippen LogP contribution is -2.28. The number of fused-ring (bicyclic) bond motifs is 1. The Hall–Kier alpha value is -2.69. The van der Waals surface area contributed by atoms with Crippen LogP contribution in [-0.2, 0) is 14.9 Å². The Kier molecular flexibility index (Phi) is 7.47. The van der Waals surface area contributed by atoms with Crippen molar-refractivity contribution in [3.63, 3.8) is 0 Å². The quantitative estimate of drug-likeness (QED) is 0.310. The molecule has 0 fully saturated rings. The number of thiazole rings is 1. The van der Waals surface area contributed by atoms with Crippen LogP contribution in [0.1, 0.15) is 27.2 Å². The minimum Gasteiger partial charge on any atom is -0.384 e. The van der Waals surface area contributed by atoms with Gasteiger partial charge in [0.15, 0.2) is 5.13 Å². The number of amides is 1. The summed E-state index contributed by atoms with van der Waals surface area (Å²) >= 11 is 1.26. The van der Waals surface area contributed by atoms with E-state index in [2.05, 4.69) is 34.8 Å². The van der Waals surface area contributed by atoms with Gasteiger partial charge in [-0.05, 0) is 36.4 Å². The topological polar surface area (TPSA) is 109 Å². The smallest absolute Gasteiger partial charge is 0.339 e. The van der Waals surface area contributed by atoms with Crippen molar-refractivity contribution < 1.29 is 17.4 Å². The van der Waals surface area contributed by atoms with Crippen LogP contribution in [0.15, 0.2) is 47.4 Å². The van der Waals surface area contributed by atoms with Crippen molar-refractivity contribution in [1.29, 1.82) is 0 Å². The summed E-state index contributed by atoms with van der Waals surface area (Å²) in [6.07, 6.45) is 0.353. The van der Waals surface area contributed by atoms with Crippen LogP contribution in [0.5, 0.6) is 5.75 Å². The lowest BCUT2D eigenvalue weighted by Gasteiger charge is -2.11. The number of carbonyl (C=O) groups is 1. The molecule has 1 amide bonds. The molecule has 166 valence electrons. The van der Waals surface area contributed by atoms with Crippen molar-refractivity contribution in [2.24, 2.45) is 0 Å². The zero-order valence-corrected chi connectivity index (χ0v) is 19.3. The summed E-state index contributed by atoms with van der Waals surface area (Å²) in [5.41, 5.74) is 1.49. The average Bonchev–Trinajstić information content (AvgIpc) is 3.12. The first-order valence-corrected chi connectivity index (χ1v) is 12.2. The zero-order valence-electron chi connectivity index (χ0n) is 17.6. The van der Waals surface area contributed by atoms with Crippen LogP contribution < -0.4 is 20.1 Å². The summed E-state index contributed by atoms with van der Waals surface area (Å²) in [6, 6.07) is 11.7. The summed E-state index contributed by atoms with van der Waals surface area (Å²) in [7, 11) is -3.98. The Bertz CT molecular complexity index is 1140. The van der Waals surface area contributed by atoms with Gasteiger partial charge in [-0.25, -0.2) is 4.98 Å². The molecule has 0 aliphatic heterocycles. The number of nitrogens with zero attached hydrogens (tertiary/aromatic N) is 1. The molecule has 0 radical (unpaired) electrons. The first-order chi connectivity index (χ1) is 14.8. The molecular formula is C21H26N4O4S2. The molecule has 3 aromatic rings. The minimum absolute atomic E-state index is 0.0682. The third-order valence-corrected chi connectivity index (χ3v) is 6.48. The highest BCUT2D eigenvalue weighted by molar-refractivity contribution is 7.87. The van der Waals surface area contributed by atoms with E-state index in [0.717, 1.165) is 18.8 Å². The Balaban J connectivity index is 1.66. The predicted octanol–water partition coefficient (Wildman–Crippen LogP) is 3.82. The normalized spacial score (nSPS) is 11.6. The van der Waals surface area contributed by atoms with Gasteiger partial charge in [0.2, 0.25) is 5.91 Å². The molecule has 31 heavy (non-hydrogen) atoms. The number of anilines is 2. The van der Waals surface area contributed by atoms with E-state index < -0.39 is 10.1 Å². The van der Waals surface area contributed by atoms with Crippen molar-refractivity contribution in [2.75, 3.05) is 23.7 Å². The van der Waals surface area contributed by atoms with Crippen molar-refractivity contribution in [1.82, 2.24) is 10.3 Å². The van der Waals surface area contributed by atoms with Gasteiger partial charge in [0.25, 0.3) is 0 Å². The van der Waals surface area contributed by atoms with E-state index >= 15 is 0 Å². The molecule has 1 heterocycles. The van der Waals surface area contributed by atoms with Gasteiger partial charge < -0.3 is 20.1 Å². The molecule has 3 rings (SSSR count). The number of nitrogens with one attached hydrogen (secondary N) is 3. The van der Waals surface area contributed by atoms with Gasteiger partial charge in [-0.2, -0.15) is 8.42 Å². The molecule has 2 aromatic carbocycles. The molecular weight excluding hydrogens is 436 g/mol. The maximum absolute atomic E-state index is 12.7. The van der Waals surface area contributed by atoms with Crippen LogP contribution in [0.2, 0.25) is 0 Å². The molecule has 10 heteroatoms. The molecule has 0 atom stereocenters. The van der Waals surface area contributed by atoms with Gasteiger partial charge in [-0.15, -0.1) is 0 Å². The number of hydrogen-bond acceptors (Lipinski definition) is 8. The summed E-state index contributed by atoms with van der Waals surface area (Å²) in [6.45, 7) is 7.46. The van der Waals surface area contributed by atoms with E-state index in [1.54, 1.807) is 37.3 Å². The summed E-state index contributed by atoms with van der Waals surface area (Å²) in [5.74, 6) is 0.0544. The number of rotatable bonds is 10. The fraction of sp³-hybridized carbons (Fsp3) is 0.333. The molecule has 0 aliphatic carbocycles. The van der Waals surface area contributed by atoms with E-state index in [1.165, 1.54) is 23.5 Å². The molecule has 0 unspecified atom stereocenters. The molecule has 8 nitrogen and oxygen atoms in total. The summed E-state index contributed by atoms with van der Waals surface area (Å²) in [5, 5.41) is 9.71. The van der Waals surface area contributed by atoms with Crippen LogP contribution in [-0.4, -0.2) is 38.4 Å². The van der Waals surface area contributed by atoms with Crippen LogP contribution in [0.3, 0.4) is 0 Å². The lowest BCUT2D eigenvalue weighted by molar-refractivity contribution is -0.115. The van der Waals surface area contributed by atoms with Gasteiger partial charge >= 0.3 is 10.1 Å². The number of carbonyl (C=O) groups excluding carboxylic acids is 1. The molecule has 0 spiro atoms. The highest BCUT2D eigenvalue weighted by atomic mass is 32.2. The van der Waals surface area contributed by atoms with Crippen LogP contribution in [0.4, 0.5) is 10.8 Å². The number of hydrogen-bond donors (Lipinski definition) is 3. The van der Waals surface area contributed by atoms with E-state index in [9.17, 15) is 13.2 Å². The second-order valence-electron chi connectivity index (χ2n) is 7.15. The number of benzene rings is 2. The van der Waals surface area contributed by atoms with Crippen LogP contribution >= 0.6 is 11.3 Å². The Morgan fingerprint density at radius 1 is 1.13 bits per heavy atom. The van der Waals surface area contributed by atoms with Gasteiger partial charge in [0.05, 0.1) is 10.2 Å². The molecule has 1 aromatic heterocycles. The highest BCUT2D eigenvalue weighted by Gasteiger charge is 2.17. The van der Waals surface area contributed by atoms with Gasteiger partial charge in [-0.1, -0.05) is 32.1 Å². The molecule has 3 N–H and O–H groups in total. The maximum Gasteiger partial charge on any atom is 0.339 e. The van der Waals surface area contributed by atoms with Gasteiger partial charge in [-0.3, -0.25) is 4.79 Å². The van der Waals surface area contributed by atoms with E-state index in [1.807, 2.05) is 0 Å². The van der Waals surface area contributed by atoms with Crippen molar-refractivity contribution in [3.8, 4) is 5.75 Å². The van der Waals surface area contributed by atoms with Crippen molar-refractivity contribution in [2.45, 2.75) is 38.1 Å². The summed E-state index contributed by atoms with van der Waals surface area (Å²) in [4.78, 5) is 15.9. The third-order valence-electron chi connectivity index (χ3n) is 4.28. The summed E-state index contributed by atoms with van der Waals surface area (Å²) < 4.78 is 31.3. The Labute approximate surface area is 186 Å². The Morgan fingerprint density at radius 3 is 2.55 bits per heavy atom. The Morgan fingerprint density at radius 2 is 1.87 bits per heavy atom. The monoisotopic (exact) mass is 462 g/mol. The van der Waals surface area contributed by atoms with Crippen molar-refractivity contribution >= 4 is 48.4 Å². The average molecular weight is 463 g/mol. The van der Waals surface area contributed by atoms with Crippen molar-refractivity contribution in [3.05, 3.63) is 42.5 Å². The predicted molar refractivity (Wildman–Crippen MR) is 124 cm³/mol. The SMILES string of the molecule is CCC(=O)Nc1nc2ccc(OS(=O)(=O)c3ccc(NCCNC(C)C)cc3)cc2s1. The van der Waals surface area contributed by atoms with Crippen LogP contribution in [0, 0.1) is 0 Å². The van der Waals surface area contributed by atoms with Crippen LogP contribution in [0.25, 0.3) is 10.2 Å². The molecule has 0 saturated carbocycles. The minimum atomic E-state index is -3.98. The maximum atomic E-state index is 12.7. The highest BCUT2D eigenvalue weighted by Crippen LogP contribution is 2.30. The van der Waals surface area contributed by atoms with E-state index in [4.69, 9.17) is 4.18 Å². The fourth-order valence-corrected chi connectivity index (χ4v) is 4.53. The van der Waals surface area contributed by atoms with Gasteiger partial charge in [0.1, 0.15) is 10.6 Å². The first kappa shape index (κ1) is 23.0. The molecule has 0 aliphatic rings. The second kappa shape index (κ2) is 10.1. The fourth-order valence-electron chi connectivity index (χ4n) is 2.70. The molecule has 0 saturated heterocycles. The number of aromatic nitrogens is 1. The van der Waals surface area contributed by atoms with E-state index in [-0.39, 0.29) is 16.6 Å². The largest absolute Gasteiger partial charge is 0.384 e. The van der Waals surface area contributed by atoms with E-state index in [0.29, 0.717) is 27.8 Å². The molecule has 0 bridgehead atoms. The lowest BCUT2D eigenvalue weighted by atomic mass is 10.3. The first-order valence-electron chi connectivity index (χ1n) is 9.99. The zero-order chi connectivity index (χ0) is 22.4. The standard InChI is InChI=1S/C21H26N4O4S2/c1-4-20(26)25-21-24-18-10-7-16(13-19(18)30-21)29-31(27,28)17-8-5-15(6-9-17)23-12-11-22-14(2)3/h5-10,13-14,22-23H,4,11-12H2,1-3H3,(H,24,25,26). The van der Waals surface area contributed by atoms with Gasteiger partial charge in [0, 0.05) is 37.3 Å². The third kappa shape index (κ3) is 6.39.